The lowest BCUT2D eigenvalue weighted by Crippen LogP contribution is -2.40. The van der Waals surface area contributed by atoms with E-state index < -0.39 is 0 Å². The number of thiophene rings is 1. The number of aromatic nitrogens is 2. The van der Waals surface area contributed by atoms with Gasteiger partial charge >= 0.3 is 0 Å². The number of hydrogen-bond donors (Lipinski definition) is 1. The highest BCUT2D eigenvalue weighted by Crippen LogP contribution is 2.20. The smallest absolute Gasteiger partial charge is 0.261 e. The van der Waals surface area contributed by atoms with E-state index in [-0.39, 0.29) is 5.91 Å². The lowest BCUT2D eigenvalue weighted by molar-refractivity contribution is 0.0934. The van der Waals surface area contributed by atoms with Crippen molar-refractivity contribution in [1.29, 1.82) is 0 Å². The minimum atomic E-state index is 0.0496. The first-order chi connectivity index (χ1) is 12.3. The van der Waals surface area contributed by atoms with Crippen LogP contribution in [0.2, 0.25) is 0 Å². The molecule has 0 bridgehead atoms. The van der Waals surface area contributed by atoms with E-state index in [1.807, 2.05) is 17.5 Å². The van der Waals surface area contributed by atoms with E-state index in [2.05, 4.69) is 37.2 Å². The van der Waals surface area contributed by atoms with Crippen LogP contribution in [0.15, 0.2) is 35.7 Å². The topological polar surface area (TPSA) is 58.1 Å². The molecule has 0 aliphatic carbocycles. The van der Waals surface area contributed by atoms with Gasteiger partial charge in [0.05, 0.1) is 16.6 Å². The summed E-state index contributed by atoms with van der Waals surface area (Å²) in [6.07, 6.45) is 2.36. The number of nitrogens with one attached hydrogen (secondary N) is 1. The van der Waals surface area contributed by atoms with Gasteiger partial charge in [-0.2, -0.15) is 8.75 Å². The summed E-state index contributed by atoms with van der Waals surface area (Å²) in [5.41, 5.74) is 3.24. The summed E-state index contributed by atoms with van der Waals surface area (Å²) >= 11 is 2.75. The number of benzene rings is 1. The van der Waals surface area contributed by atoms with Gasteiger partial charge in [-0.25, -0.2) is 0 Å². The van der Waals surface area contributed by atoms with Crippen LogP contribution in [0.4, 0.5) is 0 Å². The molecule has 1 N–H and O–H groups in total. The van der Waals surface area contributed by atoms with Gasteiger partial charge in [0.2, 0.25) is 0 Å². The molecule has 5 nitrogen and oxygen atoms in total. The molecule has 0 radical (unpaired) electrons. The highest BCUT2D eigenvalue weighted by Gasteiger charge is 2.21. The van der Waals surface area contributed by atoms with E-state index in [0.29, 0.717) is 5.92 Å². The number of amides is 1. The Labute approximate surface area is 155 Å². The molecular formula is C18H20N4OS2. The zero-order valence-electron chi connectivity index (χ0n) is 13.9. The van der Waals surface area contributed by atoms with Gasteiger partial charge in [0, 0.05) is 19.6 Å². The third-order valence-electron chi connectivity index (χ3n) is 4.62. The summed E-state index contributed by atoms with van der Waals surface area (Å²) in [6, 6.07) is 10.1. The van der Waals surface area contributed by atoms with Gasteiger partial charge in [-0.1, -0.05) is 12.1 Å². The van der Waals surface area contributed by atoms with Crippen molar-refractivity contribution in [2.45, 2.75) is 19.4 Å². The molecular weight excluding hydrogens is 352 g/mol. The van der Waals surface area contributed by atoms with Crippen LogP contribution in [0.1, 0.15) is 28.1 Å². The molecule has 25 heavy (non-hydrogen) atoms. The van der Waals surface area contributed by atoms with Gasteiger partial charge in [0.1, 0.15) is 11.0 Å². The van der Waals surface area contributed by atoms with E-state index in [9.17, 15) is 4.79 Å². The van der Waals surface area contributed by atoms with Gasteiger partial charge in [-0.15, -0.1) is 11.3 Å². The highest BCUT2D eigenvalue weighted by atomic mass is 32.1. The van der Waals surface area contributed by atoms with Crippen LogP contribution >= 0.6 is 23.1 Å². The van der Waals surface area contributed by atoms with Crippen molar-refractivity contribution in [2.75, 3.05) is 19.6 Å². The van der Waals surface area contributed by atoms with Crippen molar-refractivity contribution < 1.29 is 4.79 Å². The Kier molecular flexibility index (Phi) is 5.05. The number of rotatable bonds is 5. The Morgan fingerprint density at radius 2 is 2.20 bits per heavy atom. The maximum Gasteiger partial charge on any atom is 0.261 e. The minimum absolute atomic E-state index is 0.0496. The van der Waals surface area contributed by atoms with E-state index in [1.165, 1.54) is 41.5 Å². The van der Waals surface area contributed by atoms with E-state index in [1.54, 1.807) is 0 Å². The summed E-state index contributed by atoms with van der Waals surface area (Å²) in [5, 5.41) is 5.02. The van der Waals surface area contributed by atoms with Crippen molar-refractivity contribution in [2.24, 2.45) is 5.92 Å². The number of nitrogens with zero attached hydrogens (tertiary/aromatic N) is 3. The molecule has 4 rings (SSSR count). The molecule has 1 fully saturated rings. The quantitative estimate of drug-likeness (QED) is 0.746. The summed E-state index contributed by atoms with van der Waals surface area (Å²) in [6.45, 7) is 3.83. The Hall–Kier alpha value is -1.83. The normalized spacial score (nSPS) is 18.5. The van der Waals surface area contributed by atoms with Crippen molar-refractivity contribution >= 4 is 40.0 Å². The maximum absolute atomic E-state index is 12.1. The first-order valence-corrected chi connectivity index (χ1v) is 10.1. The largest absolute Gasteiger partial charge is 0.351 e. The molecule has 7 heteroatoms. The Balaban J connectivity index is 1.32. The third kappa shape index (κ3) is 4.05. The second kappa shape index (κ2) is 7.59. The molecule has 3 aromatic rings. The van der Waals surface area contributed by atoms with Crippen LogP contribution in [-0.2, 0) is 6.54 Å². The lowest BCUT2D eigenvalue weighted by Gasteiger charge is -2.32. The predicted octanol–water partition coefficient (Wildman–Crippen LogP) is 3.39. The van der Waals surface area contributed by atoms with Crippen LogP contribution in [0, 0.1) is 5.92 Å². The van der Waals surface area contributed by atoms with Crippen LogP contribution in [0.3, 0.4) is 0 Å². The molecule has 0 saturated carbocycles. The van der Waals surface area contributed by atoms with Gasteiger partial charge in [0.15, 0.2) is 0 Å². The standard InChI is InChI=1S/C18H20N4OS2/c23-18(17-4-2-8-24-17)19-10-14-3-1-7-22(12-14)11-13-5-6-15-16(9-13)21-25-20-15/h2,4-6,8-9,14H,1,3,7,10-12H2,(H,19,23). The first kappa shape index (κ1) is 16.6. The average molecular weight is 373 g/mol. The third-order valence-corrected chi connectivity index (χ3v) is 6.05. The molecule has 1 unspecified atom stereocenters. The van der Waals surface area contributed by atoms with Crippen LogP contribution in [0.5, 0.6) is 0 Å². The number of fused-ring (bicyclic) bond motifs is 1. The average Bonchev–Trinajstić information content (AvgIpc) is 3.31. The number of hydrogen-bond acceptors (Lipinski definition) is 6. The zero-order chi connectivity index (χ0) is 17.1. The molecule has 1 atom stereocenters. The van der Waals surface area contributed by atoms with Crippen molar-refractivity contribution in [3.63, 3.8) is 0 Å². The second-order valence-electron chi connectivity index (χ2n) is 6.52. The Morgan fingerprint density at radius 3 is 3.08 bits per heavy atom. The SMILES string of the molecule is O=C(NCC1CCCN(Cc2ccc3nsnc3c2)C1)c1cccs1. The summed E-state index contributed by atoms with van der Waals surface area (Å²) in [4.78, 5) is 15.4. The molecule has 130 valence electrons. The molecule has 0 spiro atoms. The maximum atomic E-state index is 12.1. The summed E-state index contributed by atoms with van der Waals surface area (Å²) in [5.74, 6) is 0.566. The monoisotopic (exact) mass is 372 g/mol. The fourth-order valence-electron chi connectivity index (χ4n) is 3.38. The summed E-state index contributed by atoms with van der Waals surface area (Å²) in [7, 11) is 0. The van der Waals surface area contributed by atoms with E-state index >= 15 is 0 Å². The molecule has 1 saturated heterocycles. The number of piperidine rings is 1. The van der Waals surface area contributed by atoms with Crippen LogP contribution < -0.4 is 5.32 Å². The Bertz CT molecular complexity index is 846. The molecule has 2 aromatic heterocycles. The van der Waals surface area contributed by atoms with Gasteiger partial charge in [-0.3, -0.25) is 9.69 Å². The van der Waals surface area contributed by atoms with Crippen molar-refractivity contribution in [3.8, 4) is 0 Å². The van der Waals surface area contributed by atoms with Crippen molar-refractivity contribution in [3.05, 3.63) is 46.2 Å². The molecule has 1 aliphatic rings. The first-order valence-electron chi connectivity index (χ1n) is 8.53. The summed E-state index contributed by atoms with van der Waals surface area (Å²) < 4.78 is 8.58. The second-order valence-corrected chi connectivity index (χ2v) is 7.99. The van der Waals surface area contributed by atoms with E-state index in [0.717, 1.165) is 42.1 Å². The number of likely N-dealkylation sites (tertiary alicyclic amines) is 1. The zero-order valence-corrected chi connectivity index (χ0v) is 15.5. The number of carbonyl (C=O) groups is 1. The van der Waals surface area contributed by atoms with E-state index in [4.69, 9.17) is 0 Å². The van der Waals surface area contributed by atoms with Gasteiger partial charge in [-0.05, 0) is 54.4 Å². The molecule has 3 heterocycles. The minimum Gasteiger partial charge on any atom is -0.351 e. The van der Waals surface area contributed by atoms with Crippen LogP contribution in [0.25, 0.3) is 11.0 Å². The molecule has 1 aliphatic heterocycles. The fourth-order valence-corrected chi connectivity index (χ4v) is 4.54. The Morgan fingerprint density at radius 1 is 1.28 bits per heavy atom. The number of carbonyl (C=O) groups excluding carboxylic acids is 1. The van der Waals surface area contributed by atoms with Crippen LogP contribution in [-0.4, -0.2) is 39.2 Å². The fraction of sp³-hybridized carbons (Fsp3) is 0.389. The van der Waals surface area contributed by atoms with Gasteiger partial charge < -0.3 is 5.32 Å². The molecule has 1 amide bonds. The predicted molar refractivity (Wildman–Crippen MR) is 102 cm³/mol. The molecule has 1 aromatic carbocycles. The highest BCUT2D eigenvalue weighted by molar-refractivity contribution is 7.12. The lowest BCUT2D eigenvalue weighted by atomic mass is 9.97. The van der Waals surface area contributed by atoms with Gasteiger partial charge in [0.25, 0.3) is 5.91 Å². The van der Waals surface area contributed by atoms with Crippen molar-refractivity contribution in [1.82, 2.24) is 19.0 Å².